The Morgan fingerprint density at radius 3 is 2.68 bits per heavy atom. The molecular weight excluding hydrogens is 316 g/mol. The van der Waals surface area contributed by atoms with Gasteiger partial charge in [0, 0.05) is 24.8 Å². The summed E-state index contributed by atoms with van der Waals surface area (Å²) in [5.41, 5.74) is 2.85. The molecule has 25 heavy (non-hydrogen) atoms. The highest BCUT2D eigenvalue weighted by molar-refractivity contribution is 5.77. The lowest BCUT2D eigenvalue weighted by atomic mass is 10.1. The maximum atomic E-state index is 12.4. The first-order valence-corrected chi connectivity index (χ1v) is 8.55. The normalized spacial score (nSPS) is 14.2. The number of carbonyl (C=O) groups excluding carboxylic acids is 1. The number of likely N-dealkylation sites (tertiary alicyclic amines) is 1. The Hall–Kier alpha value is -2.89. The number of nitrogens with zero attached hydrogens (tertiary/aromatic N) is 4. The minimum absolute atomic E-state index is 0.133. The molecule has 0 bridgehead atoms. The van der Waals surface area contributed by atoms with Gasteiger partial charge >= 0.3 is 0 Å². The zero-order valence-corrected chi connectivity index (χ0v) is 14.2. The Kier molecular flexibility index (Phi) is 4.09. The molecule has 0 radical (unpaired) electrons. The molecule has 4 rings (SSSR count). The van der Waals surface area contributed by atoms with Crippen molar-refractivity contribution in [3.63, 3.8) is 0 Å². The molecule has 128 valence electrons. The van der Waals surface area contributed by atoms with Gasteiger partial charge in [0.1, 0.15) is 12.2 Å². The molecule has 0 unspecified atom stereocenters. The maximum absolute atomic E-state index is 12.4. The third-order valence-corrected chi connectivity index (χ3v) is 4.55. The largest absolute Gasteiger partial charge is 0.341 e. The molecule has 0 N–H and O–H groups in total. The fraction of sp³-hybridized carbons (Fsp3) is 0.316. The fourth-order valence-corrected chi connectivity index (χ4v) is 3.11. The van der Waals surface area contributed by atoms with E-state index in [0.29, 0.717) is 18.3 Å². The van der Waals surface area contributed by atoms with Crippen molar-refractivity contribution in [1.29, 1.82) is 0 Å². The van der Waals surface area contributed by atoms with Crippen molar-refractivity contribution in [2.75, 3.05) is 13.1 Å². The van der Waals surface area contributed by atoms with E-state index in [1.54, 1.807) is 0 Å². The Labute approximate surface area is 146 Å². The molecule has 1 amide bonds. The first kappa shape index (κ1) is 15.6. The SMILES string of the molecule is Cc1ccc(-c2noc(-c3cccn3CC(=O)N3CCCC3)n2)cc1. The first-order valence-electron chi connectivity index (χ1n) is 8.55. The van der Waals surface area contributed by atoms with Crippen molar-refractivity contribution in [2.45, 2.75) is 26.3 Å². The van der Waals surface area contributed by atoms with E-state index in [-0.39, 0.29) is 5.91 Å². The zero-order chi connectivity index (χ0) is 17.2. The van der Waals surface area contributed by atoms with Crippen LogP contribution in [0.25, 0.3) is 23.0 Å². The number of aromatic nitrogens is 3. The van der Waals surface area contributed by atoms with E-state index in [0.717, 1.165) is 37.2 Å². The lowest BCUT2D eigenvalue weighted by molar-refractivity contribution is -0.130. The van der Waals surface area contributed by atoms with Gasteiger partial charge in [-0.15, -0.1) is 0 Å². The summed E-state index contributed by atoms with van der Waals surface area (Å²) in [5, 5.41) is 4.08. The van der Waals surface area contributed by atoms with E-state index < -0.39 is 0 Å². The molecule has 3 aromatic rings. The molecule has 1 aromatic carbocycles. The van der Waals surface area contributed by atoms with Crippen molar-refractivity contribution in [2.24, 2.45) is 0 Å². The van der Waals surface area contributed by atoms with Gasteiger partial charge in [0.25, 0.3) is 5.89 Å². The molecule has 6 nitrogen and oxygen atoms in total. The summed E-state index contributed by atoms with van der Waals surface area (Å²) in [5.74, 6) is 1.11. The van der Waals surface area contributed by atoms with Crippen molar-refractivity contribution < 1.29 is 9.32 Å². The number of amides is 1. The van der Waals surface area contributed by atoms with Crippen LogP contribution in [0.15, 0.2) is 47.1 Å². The molecule has 0 aliphatic carbocycles. The van der Waals surface area contributed by atoms with Crippen LogP contribution in [-0.4, -0.2) is 38.6 Å². The van der Waals surface area contributed by atoms with Gasteiger partial charge in [-0.3, -0.25) is 4.79 Å². The van der Waals surface area contributed by atoms with Crippen LogP contribution >= 0.6 is 0 Å². The smallest absolute Gasteiger partial charge is 0.274 e. The summed E-state index contributed by atoms with van der Waals surface area (Å²) < 4.78 is 7.30. The second-order valence-electron chi connectivity index (χ2n) is 6.40. The van der Waals surface area contributed by atoms with Crippen LogP contribution in [0, 0.1) is 6.92 Å². The Bertz CT molecular complexity index is 873. The van der Waals surface area contributed by atoms with Gasteiger partial charge < -0.3 is 14.0 Å². The highest BCUT2D eigenvalue weighted by Gasteiger charge is 2.20. The predicted molar refractivity (Wildman–Crippen MR) is 93.7 cm³/mol. The summed E-state index contributed by atoms with van der Waals surface area (Å²) in [4.78, 5) is 18.8. The van der Waals surface area contributed by atoms with E-state index in [1.807, 2.05) is 59.0 Å². The predicted octanol–water partition coefficient (Wildman–Crippen LogP) is 3.14. The molecule has 1 aliphatic heterocycles. The number of hydrogen-bond acceptors (Lipinski definition) is 4. The Morgan fingerprint density at radius 1 is 1.16 bits per heavy atom. The molecule has 1 aliphatic rings. The van der Waals surface area contributed by atoms with Gasteiger partial charge in [-0.05, 0) is 31.9 Å². The lowest BCUT2D eigenvalue weighted by Gasteiger charge is -2.16. The van der Waals surface area contributed by atoms with Gasteiger partial charge in [-0.2, -0.15) is 4.98 Å². The molecule has 0 atom stereocenters. The van der Waals surface area contributed by atoms with Crippen molar-refractivity contribution >= 4 is 5.91 Å². The van der Waals surface area contributed by atoms with E-state index in [2.05, 4.69) is 10.1 Å². The van der Waals surface area contributed by atoms with Crippen LogP contribution < -0.4 is 0 Å². The minimum atomic E-state index is 0.133. The van der Waals surface area contributed by atoms with Gasteiger partial charge in [-0.1, -0.05) is 35.0 Å². The number of benzene rings is 1. The molecule has 1 saturated heterocycles. The molecule has 0 spiro atoms. The number of rotatable bonds is 4. The molecule has 3 heterocycles. The van der Waals surface area contributed by atoms with Crippen LogP contribution in [0.3, 0.4) is 0 Å². The fourth-order valence-electron chi connectivity index (χ4n) is 3.11. The number of hydrogen-bond donors (Lipinski definition) is 0. The molecule has 2 aromatic heterocycles. The standard InChI is InChI=1S/C19H20N4O2/c1-14-6-8-15(9-7-14)18-20-19(25-21-18)16-5-4-12-23(16)13-17(24)22-10-2-3-11-22/h4-9,12H,2-3,10-11,13H2,1H3. The monoisotopic (exact) mass is 336 g/mol. The van der Waals surface area contributed by atoms with Crippen LogP contribution in [0.5, 0.6) is 0 Å². The number of aryl methyl sites for hydroxylation is 1. The van der Waals surface area contributed by atoms with Gasteiger partial charge in [-0.25, -0.2) is 0 Å². The second-order valence-corrected chi connectivity index (χ2v) is 6.40. The van der Waals surface area contributed by atoms with Crippen LogP contribution in [0.4, 0.5) is 0 Å². The van der Waals surface area contributed by atoms with Gasteiger partial charge in [0.2, 0.25) is 11.7 Å². The van der Waals surface area contributed by atoms with E-state index in [1.165, 1.54) is 5.56 Å². The minimum Gasteiger partial charge on any atom is -0.341 e. The topological polar surface area (TPSA) is 64.2 Å². The molecule has 6 heteroatoms. The van der Waals surface area contributed by atoms with Gasteiger partial charge in [0.15, 0.2) is 0 Å². The molecule has 1 fully saturated rings. The van der Waals surface area contributed by atoms with E-state index >= 15 is 0 Å². The zero-order valence-electron chi connectivity index (χ0n) is 14.2. The lowest BCUT2D eigenvalue weighted by Crippen LogP contribution is -2.31. The highest BCUT2D eigenvalue weighted by atomic mass is 16.5. The van der Waals surface area contributed by atoms with Crippen molar-refractivity contribution in [3.05, 3.63) is 48.2 Å². The van der Waals surface area contributed by atoms with Gasteiger partial charge in [0.05, 0.1) is 0 Å². The Morgan fingerprint density at radius 2 is 1.92 bits per heavy atom. The first-order chi connectivity index (χ1) is 12.2. The number of carbonyl (C=O) groups is 1. The molecular formula is C19H20N4O2. The van der Waals surface area contributed by atoms with E-state index in [4.69, 9.17) is 4.52 Å². The second kappa shape index (κ2) is 6.55. The average Bonchev–Trinajstić information content (AvgIpc) is 3.36. The van der Waals surface area contributed by atoms with Crippen molar-refractivity contribution in [1.82, 2.24) is 19.6 Å². The summed E-state index contributed by atoms with van der Waals surface area (Å²) in [6.07, 6.45) is 4.06. The third kappa shape index (κ3) is 3.20. The highest BCUT2D eigenvalue weighted by Crippen LogP contribution is 2.23. The van der Waals surface area contributed by atoms with Crippen LogP contribution in [-0.2, 0) is 11.3 Å². The van der Waals surface area contributed by atoms with E-state index in [9.17, 15) is 4.79 Å². The molecule has 0 saturated carbocycles. The van der Waals surface area contributed by atoms with Crippen LogP contribution in [0.1, 0.15) is 18.4 Å². The average molecular weight is 336 g/mol. The quantitative estimate of drug-likeness (QED) is 0.734. The van der Waals surface area contributed by atoms with Crippen LogP contribution in [0.2, 0.25) is 0 Å². The summed E-state index contributed by atoms with van der Waals surface area (Å²) in [7, 11) is 0. The third-order valence-electron chi connectivity index (χ3n) is 4.55. The summed E-state index contributed by atoms with van der Waals surface area (Å²) >= 11 is 0. The maximum Gasteiger partial charge on any atom is 0.274 e. The summed E-state index contributed by atoms with van der Waals surface area (Å²) in [6, 6.07) is 11.8. The summed E-state index contributed by atoms with van der Waals surface area (Å²) in [6.45, 7) is 4.04. The van der Waals surface area contributed by atoms with Crippen molar-refractivity contribution in [3.8, 4) is 23.0 Å². The Balaban J connectivity index is 1.56.